The molecule has 0 atom stereocenters. The van der Waals surface area contributed by atoms with Gasteiger partial charge in [-0.3, -0.25) is 4.79 Å². The third-order valence-electron chi connectivity index (χ3n) is 2.86. The normalized spacial score (nSPS) is 15.1. The Hall–Kier alpha value is -1.36. The second-order valence-corrected chi connectivity index (χ2v) is 5.25. The molecule has 2 aromatic heterocycles. The van der Waals surface area contributed by atoms with Gasteiger partial charge in [0.05, 0.1) is 12.2 Å². The average Bonchev–Trinajstić information content (AvgIpc) is 3.07. The molecule has 0 radical (unpaired) electrons. The van der Waals surface area contributed by atoms with Gasteiger partial charge in [0.25, 0.3) is 0 Å². The second kappa shape index (κ2) is 4.14. The van der Waals surface area contributed by atoms with Crippen LogP contribution in [0.25, 0.3) is 5.65 Å². The number of pyridine rings is 1. The largest absolute Gasteiger partial charge is 0.350 e. The van der Waals surface area contributed by atoms with Gasteiger partial charge < -0.3 is 9.72 Å². The molecule has 17 heavy (non-hydrogen) atoms. The molecule has 0 saturated heterocycles. The number of imidazole rings is 1. The molecule has 88 valence electrons. The molecule has 1 N–H and O–H groups in total. The smallest absolute Gasteiger partial charge is 0.223 e. The maximum Gasteiger partial charge on any atom is 0.223 e. The minimum atomic E-state index is 0.156. The van der Waals surface area contributed by atoms with Gasteiger partial charge in [-0.25, -0.2) is 4.98 Å². The van der Waals surface area contributed by atoms with E-state index in [4.69, 9.17) is 0 Å². The standard InChI is InChI=1S/C12H12BrN3O/c13-9-3-4-11-15-10(7-16(11)6-9)5-14-12(17)8-1-2-8/h3-4,6-8H,1-2,5H2,(H,14,17). The number of hydrogen-bond acceptors (Lipinski definition) is 2. The molecule has 0 spiro atoms. The van der Waals surface area contributed by atoms with Gasteiger partial charge in [-0.1, -0.05) is 0 Å². The molecule has 1 amide bonds. The van der Waals surface area contributed by atoms with E-state index in [9.17, 15) is 4.79 Å². The lowest BCUT2D eigenvalue weighted by atomic mass is 10.4. The predicted molar refractivity (Wildman–Crippen MR) is 67.5 cm³/mol. The summed E-state index contributed by atoms with van der Waals surface area (Å²) in [5.41, 5.74) is 1.78. The molecule has 1 fully saturated rings. The molecule has 2 aromatic rings. The van der Waals surface area contributed by atoms with E-state index < -0.39 is 0 Å². The number of hydrogen-bond donors (Lipinski definition) is 1. The zero-order valence-electron chi connectivity index (χ0n) is 9.19. The maximum absolute atomic E-state index is 11.5. The summed E-state index contributed by atoms with van der Waals surface area (Å²) in [7, 11) is 0. The van der Waals surface area contributed by atoms with Crippen LogP contribution in [0.1, 0.15) is 18.5 Å². The monoisotopic (exact) mass is 293 g/mol. The third-order valence-corrected chi connectivity index (χ3v) is 3.33. The minimum absolute atomic E-state index is 0.156. The molecule has 0 unspecified atom stereocenters. The van der Waals surface area contributed by atoms with Crippen molar-refractivity contribution < 1.29 is 4.79 Å². The molecule has 0 bridgehead atoms. The Bertz CT molecular complexity index is 574. The fourth-order valence-electron chi connectivity index (χ4n) is 1.77. The summed E-state index contributed by atoms with van der Waals surface area (Å²) in [5, 5.41) is 2.91. The number of rotatable bonds is 3. The van der Waals surface area contributed by atoms with Crippen molar-refractivity contribution in [3.05, 3.63) is 34.7 Å². The Labute approximate surface area is 107 Å². The van der Waals surface area contributed by atoms with E-state index in [-0.39, 0.29) is 11.8 Å². The molecule has 1 aliphatic carbocycles. The van der Waals surface area contributed by atoms with E-state index in [0.29, 0.717) is 6.54 Å². The number of aromatic nitrogens is 2. The van der Waals surface area contributed by atoms with Crippen molar-refractivity contribution in [2.24, 2.45) is 5.92 Å². The van der Waals surface area contributed by atoms with Crippen LogP contribution in [0.2, 0.25) is 0 Å². The van der Waals surface area contributed by atoms with Gasteiger partial charge in [0.2, 0.25) is 5.91 Å². The Kier molecular flexibility index (Phi) is 2.63. The number of carbonyl (C=O) groups excluding carboxylic acids is 1. The van der Waals surface area contributed by atoms with Gasteiger partial charge in [0.1, 0.15) is 5.65 Å². The second-order valence-electron chi connectivity index (χ2n) is 4.34. The first-order valence-corrected chi connectivity index (χ1v) is 6.42. The highest BCUT2D eigenvalue weighted by Crippen LogP contribution is 2.28. The molecule has 1 aliphatic rings. The third kappa shape index (κ3) is 2.34. The number of halogens is 1. The average molecular weight is 294 g/mol. The van der Waals surface area contributed by atoms with Crippen LogP contribution in [0.3, 0.4) is 0 Å². The molecule has 3 rings (SSSR count). The van der Waals surface area contributed by atoms with E-state index >= 15 is 0 Å². The van der Waals surface area contributed by atoms with Crippen LogP contribution in [-0.4, -0.2) is 15.3 Å². The summed E-state index contributed by atoms with van der Waals surface area (Å²) in [6.07, 6.45) is 5.95. The number of nitrogens with zero attached hydrogens (tertiary/aromatic N) is 2. The number of fused-ring (bicyclic) bond motifs is 1. The fraction of sp³-hybridized carbons (Fsp3) is 0.333. The summed E-state index contributed by atoms with van der Waals surface area (Å²) in [4.78, 5) is 15.9. The first-order chi connectivity index (χ1) is 8.22. The lowest BCUT2D eigenvalue weighted by Crippen LogP contribution is -2.24. The molecule has 5 heteroatoms. The van der Waals surface area contributed by atoms with Gasteiger partial charge in [-0.05, 0) is 40.9 Å². The highest BCUT2D eigenvalue weighted by Gasteiger charge is 2.29. The van der Waals surface area contributed by atoms with Crippen molar-refractivity contribution in [3.63, 3.8) is 0 Å². The lowest BCUT2D eigenvalue weighted by Gasteiger charge is -1.99. The van der Waals surface area contributed by atoms with Crippen LogP contribution >= 0.6 is 15.9 Å². The maximum atomic E-state index is 11.5. The zero-order valence-corrected chi connectivity index (χ0v) is 10.8. The summed E-state index contributed by atoms with van der Waals surface area (Å²) in [6.45, 7) is 0.509. The van der Waals surface area contributed by atoms with Crippen molar-refractivity contribution in [1.29, 1.82) is 0 Å². The van der Waals surface area contributed by atoms with Crippen LogP contribution in [0.4, 0.5) is 0 Å². The van der Waals surface area contributed by atoms with E-state index in [1.807, 2.05) is 28.9 Å². The van der Waals surface area contributed by atoms with Gasteiger partial charge in [-0.15, -0.1) is 0 Å². The highest BCUT2D eigenvalue weighted by atomic mass is 79.9. The highest BCUT2D eigenvalue weighted by molar-refractivity contribution is 9.10. The number of carbonyl (C=O) groups is 1. The van der Waals surface area contributed by atoms with Crippen LogP contribution in [0.5, 0.6) is 0 Å². The Morgan fingerprint density at radius 3 is 3.06 bits per heavy atom. The van der Waals surface area contributed by atoms with E-state index in [1.165, 1.54) is 0 Å². The van der Waals surface area contributed by atoms with Gasteiger partial charge in [0, 0.05) is 22.8 Å². The predicted octanol–water partition coefficient (Wildman–Crippen LogP) is 2.12. The van der Waals surface area contributed by atoms with Crippen LogP contribution in [-0.2, 0) is 11.3 Å². The first kappa shape index (κ1) is 10.8. The van der Waals surface area contributed by atoms with Crippen molar-refractivity contribution >= 4 is 27.5 Å². The quantitative estimate of drug-likeness (QED) is 0.942. The number of amides is 1. The van der Waals surface area contributed by atoms with E-state index in [1.54, 1.807) is 0 Å². The summed E-state index contributed by atoms with van der Waals surface area (Å²) in [5.74, 6) is 0.407. The molecular weight excluding hydrogens is 282 g/mol. The SMILES string of the molecule is O=C(NCc1cn2cc(Br)ccc2n1)C1CC1. The molecule has 4 nitrogen and oxygen atoms in total. The van der Waals surface area contributed by atoms with Gasteiger partial charge in [-0.2, -0.15) is 0 Å². The van der Waals surface area contributed by atoms with Crippen LogP contribution in [0, 0.1) is 5.92 Å². The lowest BCUT2D eigenvalue weighted by molar-refractivity contribution is -0.122. The fourth-order valence-corrected chi connectivity index (χ4v) is 2.12. The Morgan fingerprint density at radius 1 is 1.47 bits per heavy atom. The van der Waals surface area contributed by atoms with Crippen LogP contribution < -0.4 is 5.32 Å². The minimum Gasteiger partial charge on any atom is -0.350 e. The van der Waals surface area contributed by atoms with Crippen molar-refractivity contribution in [3.8, 4) is 0 Å². The van der Waals surface area contributed by atoms with E-state index in [0.717, 1.165) is 28.7 Å². The van der Waals surface area contributed by atoms with Crippen molar-refractivity contribution in [1.82, 2.24) is 14.7 Å². The Balaban J connectivity index is 1.74. The molecule has 2 heterocycles. The van der Waals surface area contributed by atoms with Gasteiger partial charge in [0.15, 0.2) is 0 Å². The first-order valence-electron chi connectivity index (χ1n) is 5.63. The Morgan fingerprint density at radius 2 is 2.29 bits per heavy atom. The summed E-state index contributed by atoms with van der Waals surface area (Å²) in [6, 6.07) is 3.89. The molecule has 1 saturated carbocycles. The van der Waals surface area contributed by atoms with Gasteiger partial charge >= 0.3 is 0 Å². The van der Waals surface area contributed by atoms with Crippen molar-refractivity contribution in [2.45, 2.75) is 19.4 Å². The molecular formula is C12H12BrN3O. The summed E-state index contributed by atoms with van der Waals surface area (Å²) >= 11 is 3.41. The molecule has 0 aromatic carbocycles. The number of nitrogens with one attached hydrogen (secondary N) is 1. The molecule has 0 aliphatic heterocycles. The van der Waals surface area contributed by atoms with E-state index in [2.05, 4.69) is 26.2 Å². The summed E-state index contributed by atoms with van der Waals surface area (Å²) < 4.78 is 2.96. The van der Waals surface area contributed by atoms with Crippen LogP contribution in [0.15, 0.2) is 29.0 Å². The zero-order chi connectivity index (χ0) is 11.8. The topological polar surface area (TPSA) is 46.4 Å². The van der Waals surface area contributed by atoms with Crippen molar-refractivity contribution in [2.75, 3.05) is 0 Å².